The predicted molar refractivity (Wildman–Crippen MR) is 96.7 cm³/mol. The van der Waals surface area contributed by atoms with Crippen molar-refractivity contribution in [2.24, 2.45) is 0 Å². The molecule has 0 bridgehead atoms. The molecule has 0 aromatic heterocycles. The van der Waals surface area contributed by atoms with Crippen molar-refractivity contribution in [2.75, 3.05) is 18.5 Å². The average Bonchev–Trinajstić information content (AvgIpc) is 2.61. The summed E-state index contributed by atoms with van der Waals surface area (Å²) in [7, 11) is 0. The molecule has 24 heavy (non-hydrogen) atoms. The van der Waals surface area contributed by atoms with Crippen molar-refractivity contribution in [3.05, 3.63) is 59.2 Å². The second kappa shape index (κ2) is 9.08. The summed E-state index contributed by atoms with van der Waals surface area (Å²) in [6.07, 6.45) is 0.980. The Morgan fingerprint density at radius 1 is 1.00 bits per heavy atom. The number of aryl methyl sites for hydroxylation is 1. The topological polar surface area (TPSA) is 47.6 Å². The number of carbonyl (C=O) groups is 1. The largest absolute Gasteiger partial charge is 0.494 e. The molecular weight excluding hydrogens is 302 g/mol. The number of hydrogen-bond donors (Lipinski definition) is 1. The third-order valence-corrected chi connectivity index (χ3v) is 3.70. The molecule has 2 aromatic rings. The van der Waals surface area contributed by atoms with Crippen molar-refractivity contribution < 1.29 is 14.3 Å². The fourth-order valence-corrected chi connectivity index (χ4v) is 2.37. The lowest BCUT2D eigenvalue weighted by Crippen LogP contribution is -2.13. The highest BCUT2D eigenvalue weighted by Crippen LogP contribution is 2.22. The van der Waals surface area contributed by atoms with Crippen molar-refractivity contribution in [1.82, 2.24) is 0 Å². The maximum absolute atomic E-state index is 12.5. The van der Waals surface area contributed by atoms with E-state index in [0.29, 0.717) is 25.4 Å². The molecule has 0 radical (unpaired) electrons. The number of carbonyl (C=O) groups excluding carboxylic acids is 1. The molecule has 0 aliphatic carbocycles. The summed E-state index contributed by atoms with van der Waals surface area (Å²) in [4.78, 5) is 12.5. The van der Waals surface area contributed by atoms with Gasteiger partial charge in [-0.2, -0.15) is 0 Å². The second-order valence-electron chi connectivity index (χ2n) is 5.40. The third-order valence-electron chi connectivity index (χ3n) is 3.70. The molecule has 0 spiro atoms. The van der Waals surface area contributed by atoms with Crippen LogP contribution in [0.15, 0.2) is 42.5 Å². The van der Waals surface area contributed by atoms with Gasteiger partial charge in [0.25, 0.3) is 5.91 Å². The zero-order chi connectivity index (χ0) is 17.4. The van der Waals surface area contributed by atoms with E-state index in [1.807, 2.05) is 50.2 Å². The lowest BCUT2D eigenvalue weighted by molar-refractivity contribution is 0.102. The van der Waals surface area contributed by atoms with E-state index >= 15 is 0 Å². The summed E-state index contributed by atoms with van der Waals surface area (Å²) in [6, 6.07) is 13.3. The van der Waals surface area contributed by atoms with E-state index in [2.05, 4.69) is 12.2 Å². The Morgan fingerprint density at radius 2 is 1.75 bits per heavy atom. The molecule has 128 valence electrons. The van der Waals surface area contributed by atoms with E-state index in [0.717, 1.165) is 23.4 Å². The summed E-state index contributed by atoms with van der Waals surface area (Å²) >= 11 is 0. The summed E-state index contributed by atoms with van der Waals surface area (Å²) < 4.78 is 11.1. The Kier molecular flexibility index (Phi) is 6.82. The number of ether oxygens (including phenoxy) is 2. The van der Waals surface area contributed by atoms with Crippen LogP contribution >= 0.6 is 0 Å². The van der Waals surface area contributed by atoms with Crippen LogP contribution < -0.4 is 10.1 Å². The van der Waals surface area contributed by atoms with Crippen LogP contribution in [0.5, 0.6) is 5.75 Å². The van der Waals surface area contributed by atoms with Crippen molar-refractivity contribution >= 4 is 11.6 Å². The maximum atomic E-state index is 12.5. The monoisotopic (exact) mass is 327 g/mol. The van der Waals surface area contributed by atoms with E-state index in [4.69, 9.17) is 9.47 Å². The predicted octanol–water partition coefficient (Wildman–Crippen LogP) is 4.44. The van der Waals surface area contributed by atoms with Crippen molar-refractivity contribution in [3.8, 4) is 5.75 Å². The van der Waals surface area contributed by atoms with Gasteiger partial charge in [-0.3, -0.25) is 4.79 Å². The van der Waals surface area contributed by atoms with Gasteiger partial charge >= 0.3 is 0 Å². The quantitative estimate of drug-likeness (QED) is 0.780. The molecule has 4 nitrogen and oxygen atoms in total. The molecule has 4 heteroatoms. The summed E-state index contributed by atoms with van der Waals surface area (Å²) in [5, 5.41) is 2.92. The summed E-state index contributed by atoms with van der Waals surface area (Å²) in [5.74, 6) is 0.620. The number of amides is 1. The minimum Gasteiger partial charge on any atom is -0.494 e. The highest BCUT2D eigenvalue weighted by molar-refractivity contribution is 6.04. The molecule has 0 saturated carbocycles. The normalized spacial score (nSPS) is 10.5. The zero-order valence-corrected chi connectivity index (χ0v) is 14.6. The fourth-order valence-electron chi connectivity index (χ4n) is 2.37. The Morgan fingerprint density at radius 3 is 2.38 bits per heavy atom. The minimum atomic E-state index is -0.139. The average molecular weight is 327 g/mol. The lowest BCUT2D eigenvalue weighted by atomic mass is 10.1. The van der Waals surface area contributed by atoms with Crippen LogP contribution in [0.4, 0.5) is 5.69 Å². The van der Waals surface area contributed by atoms with Gasteiger partial charge in [0.1, 0.15) is 5.75 Å². The van der Waals surface area contributed by atoms with Gasteiger partial charge in [0.05, 0.1) is 13.2 Å². The van der Waals surface area contributed by atoms with Crippen molar-refractivity contribution in [2.45, 2.75) is 33.8 Å². The first-order valence-corrected chi connectivity index (χ1v) is 8.41. The maximum Gasteiger partial charge on any atom is 0.255 e. The molecule has 0 fully saturated rings. The van der Waals surface area contributed by atoms with Crippen LogP contribution in [0.25, 0.3) is 0 Å². The molecule has 0 atom stereocenters. The molecule has 0 aliphatic heterocycles. The minimum absolute atomic E-state index is 0.139. The molecule has 1 amide bonds. The van der Waals surface area contributed by atoms with Crippen LogP contribution in [0, 0.1) is 0 Å². The third kappa shape index (κ3) is 4.83. The van der Waals surface area contributed by atoms with Gasteiger partial charge in [-0.25, -0.2) is 0 Å². The van der Waals surface area contributed by atoms with Crippen LogP contribution in [-0.4, -0.2) is 19.1 Å². The second-order valence-corrected chi connectivity index (χ2v) is 5.40. The van der Waals surface area contributed by atoms with Gasteiger partial charge in [-0.1, -0.05) is 19.1 Å². The highest BCUT2D eigenvalue weighted by Gasteiger charge is 2.11. The van der Waals surface area contributed by atoms with Crippen LogP contribution in [0.1, 0.15) is 42.3 Å². The molecule has 0 aliphatic rings. The van der Waals surface area contributed by atoms with Gasteiger partial charge in [0.2, 0.25) is 0 Å². The lowest BCUT2D eigenvalue weighted by Gasteiger charge is -2.12. The van der Waals surface area contributed by atoms with E-state index < -0.39 is 0 Å². The first-order valence-electron chi connectivity index (χ1n) is 8.41. The Hall–Kier alpha value is -2.33. The molecule has 1 N–H and O–H groups in total. The number of nitrogens with one attached hydrogen (secondary N) is 1. The Bertz CT molecular complexity index is 665. The molecule has 0 saturated heterocycles. The van der Waals surface area contributed by atoms with Gasteiger partial charge in [-0.15, -0.1) is 0 Å². The van der Waals surface area contributed by atoms with E-state index in [1.165, 1.54) is 5.56 Å². The first-order chi connectivity index (χ1) is 11.7. The van der Waals surface area contributed by atoms with Gasteiger partial charge < -0.3 is 14.8 Å². The van der Waals surface area contributed by atoms with Gasteiger partial charge in [0.15, 0.2) is 0 Å². The van der Waals surface area contributed by atoms with Crippen LogP contribution in [-0.2, 0) is 17.8 Å². The zero-order valence-electron chi connectivity index (χ0n) is 14.6. The Labute approximate surface area is 143 Å². The Balaban J connectivity index is 2.15. The highest BCUT2D eigenvalue weighted by atomic mass is 16.5. The molecule has 0 unspecified atom stereocenters. The summed E-state index contributed by atoms with van der Waals surface area (Å²) in [5.41, 5.74) is 3.51. The standard InChI is InChI=1S/C20H25NO3/c1-4-15-7-10-18(11-8-15)21-20(22)16-9-12-19(24-6-3)17(13-16)14-23-5-2/h7-13H,4-6,14H2,1-3H3,(H,21,22). The number of hydrogen-bond acceptors (Lipinski definition) is 3. The van der Waals surface area contributed by atoms with Crippen LogP contribution in [0.3, 0.4) is 0 Å². The van der Waals surface area contributed by atoms with Gasteiger partial charge in [0, 0.05) is 23.4 Å². The molecule has 0 heterocycles. The van der Waals surface area contributed by atoms with Crippen molar-refractivity contribution in [1.29, 1.82) is 0 Å². The number of anilines is 1. The summed E-state index contributed by atoms with van der Waals surface area (Å²) in [6.45, 7) is 7.60. The smallest absolute Gasteiger partial charge is 0.255 e. The van der Waals surface area contributed by atoms with Crippen LogP contribution in [0.2, 0.25) is 0 Å². The molecular formula is C20H25NO3. The van der Waals surface area contributed by atoms with E-state index in [1.54, 1.807) is 6.07 Å². The number of benzene rings is 2. The van der Waals surface area contributed by atoms with Gasteiger partial charge in [-0.05, 0) is 56.2 Å². The van der Waals surface area contributed by atoms with E-state index in [-0.39, 0.29) is 5.91 Å². The van der Waals surface area contributed by atoms with Crippen molar-refractivity contribution in [3.63, 3.8) is 0 Å². The molecule has 2 rings (SSSR count). The van der Waals surface area contributed by atoms with E-state index in [9.17, 15) is 4.79 Å². The first kappa shape index (κ1) is 18.0. The molecule has 2 aromatic carbocycles. The fraction of sp³-hybridized carbons (Fsp3) is 0.350. The number of rotatable bonds is 8. The SMILES string of the molecule is CCOCc1cc(C(=O)Nc2ccc(CC)cc2)ccc1OCC.